The van der Waals surface area contributed by atoms with Crippen molar-refractivity contribution in [1.29, 1.82) is 0 Å². The molecule has 28 heavy (non-hydrogen) atoms. The number of amides is 2. The molecule has 6 heteroatoms. The fraction of sp³-hybridized carbons (Fsp3) is 0.318. The van der Waals surface area contributed by atoms with Crippen LogP contribution in [0.1, 0.15) is 54.9 Å². The number of carbonyl (C=O) groups excluding carboxylic acids is 2. The standard InChI is InChI=1S/C22H24BrN3O2/c1-15(25-26-22(28)19-9-5-6-10-20(19)23)16-11-13-18(14-12-16)24-21(27)17-7-3-2-4-8-17/h5-6,9-14,17H,2-4,7-8H2,1H3,(H,24,27)(H,26,28)/b25-15-. The monoisotopic (exact) mass is 441 g/mol. The van der Waals surface area contributed by atoms with E-state index in [1.165, 1.54) is 6.42 Å². The summed E-state index contributed by atoms with van der Waals surface area (Å²) in [6, 6.07) is 14.7. The molecule has 146 valence electrons. The Morgan fingerprint density at radius 3 is 2.36 bits per heavy atom. The second-order valence-corrected chi connectivity index (χ2v) is 7.87. The first-order chi connectivity index (χ1) is 13.5. The molecule has 3 rings (SSSR count). The normalized spacial score (nSPS) is 15.1. The lowest BCUT2D eigenvalue weighted by molar-refractivity contribution is -0.120. The summed E-state index contributed by atoms with van der Waals surface area (Å²) in [5.74, 6) is -0.0361. The van der Waals surface area contributed by atoms with Crippen LogP contribution in [0.5, 0.6) is 0 Å². The van der Waals surface area contributed by atoms with E-state index >= 15 is 0 Å². The zero-order valence-corrected chi connectivity index (χ0v) is 17.5. The summed E-state index contributed by atoms with van der Waals surface area (Å²) in [7, 11) is 0. The van der Waals surface area contributed by atoms with Crippen molar-refractivity contribution in [3.63, 3.8) is 0 Å². The van der Waals surface area contributed by atoms with E-state index < -0.39 is 0 Å². The highest BCUT2D eigenvalue weighted by molar-refractivity contribution is 9.10. The van der Waals surface area contributed by atoms with Crippen molar-refractivity contribution in [2.75, 3.05) is 5.32 Å². The molecule has 0 spiro atoms. The SMILES string of the molecule is C/C(=N/NC(=O)c1ccccc1Br)c1ccc(NC(=O)C2CCCCC2)cc1. The van der Waals surface area contributed by atoms with E-state index in [1.807, 2.05) is 43.3 Å². The molecule has 1 aliphatic rings. The zero-order valence-electron chi connectivity index (χ0n) is 15.9. The summed E-state index contributed by atoms with van der Waals surface area (Å²) in [6.45, 7) is 1.83. The highest BCUT2D eigenvalue weighted by Crippen LogP contribution is 2.25. The number of nitrogens with zero attached hydrogens (tertiary/aromatic N) is 1. The Labute approximate surface area is 173 Å². The number of rotatable bonds is 5. The van der Waals surface area contributed by atoms with E-state index in [0.717, 1.165) is 41.4 Å². The van der Waals surface area contributed by atoms with E-state index in [-0.39, 0.29) is 17.7 Å². The van der Waals surface area contributed by atoms with Crippen LogP contribution in [0.4, 0.5) is 5.69 Å². The Bertz CT molecular complexity index is 872. The summed E-state index contributed by atoms with van der Waals surface area (Å²) < 4.78 is 0.721. The molecular weight excluding hydrogens is 418 g/mol. The number of hydrogen-bond acceptors (Lipinski definition) is 3. The van der Waals surface area contributed by atoms with Gasteiger partial charge in [0, 0.05) is 16.1 Å². The molecule has 0 saturated heterocycles. The second kappa shape index (κ2) is 9.64. The average Bonchev–Trinajstić information content (AvgIpc) is 2.73. The van der Waals surface area contributed by atoms with Gasteiger partial charge in [-0.1, -0.05) is 43.5 Å². The lowest BCUT2D eigenvalue weighted by atomic mass is 9.88. The summed E-state index contributed by atoms with van der Waals surface area (Å²) in [5.41, 5.74) is 5.45. The highest BCUT2D eigenvalue weighted by Gasteiger charge is 2.20. The Morgan fingerprint density at radius 1 is 1.00 bits per heavy atom. The summed E-state index contributed by atoms with van der Waals surface area (Å²) >= 11 is 3.36. The molecule has 1 aliphatic carbocycles. The van der Waals surface area contributed by atoms with Crippen LogP contribution in [0, 0.1) is 5.92 Å². The maximum Gasteiger partial charge on any atom is 0.272 e. The first-order valence-electron chi connectivity index (χ1n) is 9.55. The summed E-state index contributed by atoms with van der Waals surface area (Å²) in [6.07, 6.45) is 5.46. The summed E-state index contributed by atoms with van der Waals surface area (Å²) in [5, 5.41) is 7.19. The van der Waals surface area contributed by atoms with Crippen molar-refractivity contribution in [3.8, 4) is 0 Å². The van der Waals surface area contributed by atoms with Crippen LogP contribution in [0.15, 0.2) is 58.1 Å². The van der Waals surface area contributed by atoms with Gasteiger partial charge in [0.05, 0.1) is 11.3 Å². The molecule has 0 atom stereocenters. The van der Waals surface area contributed by atoms with Gasteiger partial charge in [-0.2, -0.15) is 5.10 Å². The van der Waals surface area contributed by atoms with Crippen molar-refractivity contribution < 1.29 is 9.59 Å². The summed E-state index contributed by atoms with van der Waals surface area (Å²) in [4.78, 5) is 24.6. The molecule has 2 aromatic carbocycles. The van der Waals surface area contributed by atoms with Gasteiger partial charge in [-0.05, 0) is 65.5 Å². The minimum Gasteiger partial charge on any atom is -0.326 e. The van der Waals surface area contributed by atoms with E-state index in [4.69, 9.17) is 0 Å². The van der Waals surface area contributed by atoms with Gasteiger partial charge in [-0.3, -0.25) is 9.59 Å². The molecule has 1 fully saturated rings. The van der Waals surface area contributed by atoms with E-state index in [2.05, 4.69) is 31.8 Å². The highest BCUT2D eigenvalue weighted by atomic mass is 79.9. The molecule has 0 radical (unpaired) electrons. The molecule has 0 aliphatic heterocycles. The molecule has 2 N–H and O–H groups in total. The maximum atomic E-state index is 12.3. The minimum absolute atomic E-state index is 0.110. The van der Waals surface area contributed by atoms with E-state index in [9.17, 15) is 9.59 Å². The smallest absolute Gasteiger partial charge is 0.272 e. The fourth-order valence-electron chi connectivity index (χ4n) is 3.31. The second-order valence-electron chi connectivity index (χ2n) is 7.02. The topological polar surface area (TPSA) is 70.6 Å². The fourth-order valence-corrected chi connectivity index (χ4v) is 3.77. The molecule has 1 saturated carbocycles. The Balaban J connectivity index is 1.59. The van der Waals surface area contributed by atoms with Crippen LogP contribution in [0.3, 0.4) is 0 Å². The molecule has 2 amide bonds. The van der Waals surface area contributed by atoms with Gasteiger partial charge in [0.25, 0.3) is 5.91 Å². The van der Waals surface area contributed by atoms with Crippen molar-refractivity contribution >= 4 is 39.1 Å². The van der Waals surface area contributed by atoms with Crippen molar-refractivity contribution in [2.45, 2.75) is 39.0 Å². The molecule has 2 aromatic rings. The van der Waals surface area contributed by atoms with Crippen LogP contribution < -0.4 is 10.7 Å². The predicted molar refractivity (Wildman–Crippen MR) is 115 cm³/mol. The molecule has 0 bridgehead atoms. The zero-order chi connectivity index (χ0) is 19.9. The third-order valence-electron chi connectivity index (χ3n) is 4.99. The van der Waals surface area contributed by atoms with Gasteiger partial charge in [-0.25, -0.2) is 5.43 Å². The van der Waals surface area contributed by atoms with Crippen LogP contribution in [-0.4, -0.2) is 17.5 Å². The molecule has 0 unspecified atom stereocenters. The Hall–Kier alpha value is -2.47. The number of hydrogen-bond donors (Lipinski definition) is 2. The van der Waals surface area contributed by atoms with Gasteiger partial charge >= 0.3 is 0 Å². The quantitative estimate of drug-likeness (QED) is 0.498. The number of carbonyl (C=O) groups is 2. The van der Waals surface area contributed by atoms with E-state index in [0.29, 0.717) is 11.3 Å². The van der Waals surface area contributed by atoms with Crippen LogP contribution in [0.25, 0.3) is 0 Å². The predicted octanol–water partition coefficient (Wildman–Crippen LogP) is 5.12. The van der Waals surface area contributed by atoms with Crippen LogP contribution in [-0.2, 0) is 4.79 Å². The first kappa shape index (κ1) is 20.3. The molecule has 0 aromatic heterocycles. The van der Waals surface area contributed by atoms with E-state index in [1.54, 1.807) is 12.1 Å². The average molecular weight is 442 g/mol. The number of hydrazone groups is 1. The largest absolute Gasteiger partial charge is 0.326 e. The van der Waals surface area contributed by atoms with Gasteiger partial charge < -0.3 is 5.32 Å². The Kier molecular flexibility index (Phi) is 6.98. The third kappa shape index (κ3) is 5.29. The number of halogens is 1. The molecular formula is C22H24BrN3O2. The minimum atomic E-state index is -0.275. The Morgan fingerprint density at radius 2 is 1.68 bits per heavy atom. The van der Waals surface area contributed by atoms with Crippen LogP contribution >= 0.6 is 15.9 Å². The lowest BCUT2D eigenvalue weighted by Gasteiger charge is -2.20. The van der Waals surface area contributed by atoms with Gasteiger partial charge in [0.1, 0.15) is 0 Å². The molecule has 0 heterocycles. The third-order valence-corrected chi connectivity index (χ3v) is 5.68. The van der Waals surface area contributed by atoms with Gasteiger partial charge in [0.2, 0.25) is 5.91 Å². The number of benzene rings is 2. The van der Waals surface area contributed by atoms with Crippen LogP contribution in [0.2, 0.25) is 0 Å². The van der Waals surface area contributed by atoms with Crippen molar-refractivity contribution in [2.24, 2.45) is 11.0 Å². The van der Waals surface area contributed by atoms with Crippen molar-refractivity contribution in [3.05, 3.63) is 64.1 Å². The van der Waals surface area contributed by atoms with Gasteiger partial charge in [-0.15, -0.1) is 0 Å². The maximum absolute atomic E-state index is 12.3. The van der Waals surface area contributed by atoms with Crippen molar-refractivity contribution in [1.82, 2.24) is 5.43 Å². The molecule has 5 nitrogen and oxygen atoms in total. The number of anilines is 1. The van der Waals surface area contributed by atoms with Gasteiger partial charge in [0.15, 0.2) is 0 Å². The number of nitrogens with one attached hydrogen (secondary N) is 2. The lowest BCUT2D eigenvalue weighted by Crippen LogP contribution is -2.24. The first-order valence-corrected chi connectivity index (χ1v) is 10.3.